The predicted molar refractivity (Wildman–Crippen MR) is 83.9 cm³/mol. The van der Waals surface area contributed by atoms with Gasteiger partial charge in [-0.3, -0.25) is 0 Å². The van der Waals surface area contributed by atoms with E-state index >= 15 is 0 Å². The lowest BCUT2D eigenvalue weighted by molar-refractivity contribution is -0.140. The molecule has 0 amide bonds. The van der Waals surface area contributed by atoms with Crippen molar-refractivity contribution >= 4 is 23.3 Å². The van der Waals surface area contributed by atoms with E-state index < -0.39 is 29.5 Å². The average molecular weight is 374 g/mol. The van der Waals surface area contributed by atoms with E-state index in [1.165, 1.54) is 19.1 Å². The van der Waals surface area contributed by atoms with Crippen molar-refractivity contribution in [3.05, 3.63) is 35.0 Å². The minimum atomic E-state index is -4.80. The Balaban J connectivity index is 2.11. The summed E-state index contributed by atoms with van der Waals surface area (Å²) >= 11 is 4.87. The summed E-state index contributed by atoms with van der Waals surface area (Å²) in [6.07, 6.45) is -4.80. The van der Waals surface area contributed by atoms with E-state index in [2.05, 4.69) is 5.32 Å². The van der Waals surface area contributed by atoms with Gasteiger partial charge in [-0.05, 0) is 36.8 Å². The molecule has 2 heterocycles. The number of benzene rings is 1. The largest absolute Gasteiger partial charge is 0.463 e. The molecule has 2 aliphatic rings. The fourth-order valence-corrected chi connectivity index (χ4v) is 2.78. The van der Waals surface area contributed by atoms with Crippen LogP contribution in [0.2, 0.25) is 0 Å². The van der Waals surface area contributed by atoms with Crippen molar-refractivity contribution in [1.29, 1.82) is 0 Å². The topological polar surface area (TPSA) is 68.8 Å². The summed E-state index contributed by atoms with van der Waals surface area (Å²) in [5, 5.41) is 4.45. The minimum Gasteiger partial charge on any atom is -0.463 e. The van der Waals surface area contributed by atoms with Gasteiger partial charge < -0.3 is 24.8 Å². The molecule has 0 spiro atoms. The Morgan fingerprint density at radius 1 is 1.36 bits per heavy atom. The first-order chi connectivity index (χ1) is 11.8. The molecule has 0 aliphatic carbocycles. The predicted octanol–water partition coefficient (Wildman–Crippen LogP) is 2.31. The standard InChI is InChI=1S/C15H13F3N2O4S/c1-2-22-13(21)10-11(19-14(25)20-12(10)15(16,17)18)7-3-4-8-9(5-7)24-6-23-8/h3-5,11H,2,6H2,1H3,(H2,19,20,25)/t11-/m0/s1. The summed E-state index contributed by atoms with van der Waals surface area (Å²) in [6.45, 7) is 1.46. The number of carbonyl (C=O) groups excluding carboxylic acids is 1. The second-order valence-corrected chi connectivity index (χ2v) is 5.56. The van der Waals surface area contributed by atoms with Gasteiger partial charge >= 0.3 is 12.1 Å². The molecule has 1 atom stereocenters. The van der Waals surface area contributed by atoms with Crippen molar-refractivity contribution in [1.82, 2.24) is 10.6 Å². The van der Waals surface area contributed by atoms with Crippen LogP contribution in [0.4, 0.5) is 13.2 Å². The summed E-state index contributed by atoms with van der Waals surface area (Å²) in [5.74, 6) is -0.238. The first-order valence-electron chi connectivity index (χ1n) is 7.26. The van der Waals surface area contributed by atoms with Crippen molar-refractivity contribution in [3.63, 3.8) is 0 Å². The van der Waals surface area contributed by atoms with Crippen molar-refractivity contribution in [3.8, 4) is 11.5 Å². The Morgan fingerprint density at radius 3 is 2.76 bits per heavy atom. The fraction of sp³-hybridized carbons (Fsp3) is 0.333. The first kappa shape index (κ1) is 17.3. The Hall–Kier alpha value is -2.49. The number of ether oxygens (including phenoxy) is 3. The molecule has 1 aromatic rings. The highest BCUT2D eigenvalue weighted by Gasteiger charge is 2.45. The molecule has 2 aliphatic heterocycles. The zero-order valence-electron chi connectivity index (χ0n) is 12.9. The number of rotatable bonds is 3. The monoisotopic (exact) mass is 374 g/mol. The average Bonchev–Trinajstić information content (AvgIpc) is 3.00. The summed E-state index contributed by atoms with van der Waals surface area (Å²) < 4.78 is 55.5. The third kappa shape index (κ3) is 3.34. The number of halogens is 3. The molecular weight excluding hydrogens is 361 g/mol. The van der Waals surface area contributed by atoms with Gasteiger partial charge in [-0.25, -0.2) is 4.79 Å². The lowest BCUT2D eigenvalue weighted by atomic mass is 9.94. The number of thiocarbonyl (C=S) groups is 1. The van der Waals surface area contributed by atoms with Gasteiger partial charge in [-0.15, -0.1) is 0 Å². The van der Waals surface area contributed by atoms with Gasteiger partial charge in [0.05, 0.1) is 18.2 Å². The maximum atomic E-state index is 13.4. The molecule has 1 aromatic carbocycles. The van der Waals surface area contributed by atoms with Crippen LogP contribution in [0, 0.1) is 0 Å². The lowest BCUT2D eigenvalue weighted by Crippen LogP contribution is -2.49. The Kier molecular flexibility index (Phi) is 4.46. The number of carbonyl (C=O) groups is 1. The summed E-state index contributed by atoms with van der Waals surface area (Å²) in [5.41, 5.74) is -1.47. The van der Waals surface area contributed by atoms with Gasteiger partial charge in [0.15, 0.2) is 16.6 Å². The van der Waals surface area contributed by atoms with E-state index in [-0.39, 0.29) is 18.5 Å². The van der Waals surface area contributed by atoms with Gasteiger partial charge in [-0.2, -0.15) is 13.2 Å². The van der Waals surface area contributed by atoms with E-state index in [9.17, 15) is 18.0 Å². The van der Waals surface area contributed by atoms with Gasteiger partial charge in [-0.1, -0.05) is 6.07 Å². The number of alkyl halides is 3. The Labute approximate surface area is 145 Å². The molecule has 0 fully saturated rings. The second-order valence-electron chi connectivity index (χ2n) is 5.15. The van der Waals surface area contributed by atoms with E-state index in [4.69, 9.17) is 26.4 Å². The van der Waals surface area contributed by atoms with Crippen LogP contribution in [-0.2, 0) is 9.53 Å². The fourth-order valence-electron chi connectivity index (χ4n) is 2.56. The first-order valence-corrected chi connectivity index (χ1v) is 7.67. The van der Waals surface area contributed by atoms with Crippen LogP contribution < -0.4 is 20.1 Å². The van der Waals surface area contributed by atoms with Gasteiger partial charge in [0.25, 0.3) is 0 Å². The molecule has 0 saturated carbocycles. The maximum absolute atomic E-state index is 13.4. The van der Waals surface area contributed by atoms with Gasteiger partial charge in [0.2, 0.25) is 6.79 Å². The van der Waals surface area contributed by atoms with Crippen molar-refractivity contribution in [2.75, 3.05) is 13.4 Å². The number of nitrogens with one attached hydrogen (secondary N) is 2. The van der Waals surface area contributed by atoms with Crippen LogP contribution in [-0.4, -0.2) is 30.7 Å². The third-order valence-corrected chi connectivity index (χ3v) is 3.80. The Bertz CT molecular complexity index is 764. The van der Waals surface area contributed by atoms with E-state index in [1.807, 2.05) is 5.32 Å². The maximum Gasteiger partial charge on any atom is 0.431 e. The highest BCUT2D eigenvalue weighted by atomic mass is 32.1. The molecule has 134 valence electrons. The smallest absolute Gasteiger partial charge is 0.431 e. The Morgan fingerprint density at radius 2 is 2.08 bits per heavy atom. The normalized spacial score (nSPS) is 19.4. The van der Waals surface area contributed by atoms with Crippen molar-refractivity contribution in [2.45, 2.75) is 19.1 Å². The molecule has 0 saturated heterocycles. The quantitative estimate of drug-likeness (QED) is 0.622. The van der Waals surface area contributed by atoms with E-state index in [0.717, 1.165) is 0 Å². The number of hydrogen-bond acceptors (Lipinski definition) is 5. The van der Waals surface area contributed by atoms with E-state index in [0.29, 0.717) is 17.1 Å². The van der Waals surface area contributed by atoms with Crippen LogP contribution in [0.15, 0.2) is 29.5 Å². The summed E-state index contributed by atoms with van der Waals surface area (Å²) in [7, 11) is 0. The molecule has 2 N–H and O–H groups in total. The van der Waals surface area contributed by atoms with Crippen LogP contribution >= 0.6 is 12.2 Å². The van der Waals surface area contributed by atoms with Crippen LogP contribution in [0.3, 0.4) is 0 Å². The highest BCUT2D eigenvalue weighted by Crippen LogP contribution is 2.39. The molecule has 6 nitrogen and oxygen atoms in total. The molecule has 0 unspecified atom stereocenters. The van der Waals surface area contributed by atoms with Crippen LogP contribution in [0.5, 0.6) is 11.5 Å². The summed E-state index contributed by atoms with van der Waals surface area (Å²) in [6, 6.07) is 3.45. The molecule has 0 aromatic heterocycles. The number of hydrogen-bond donors (Lipinski definition) is 2. The molecular formula is C15H13F3N2O4S. The molecule has 25 heavy (non-hydrogen) atoms. The molecule has 0 radical (unpaired) electrons. The van der Waals surface area contributed by atoms with Crippen LogP contribution in [0.25, 0.3) is 0 Å². The zero-order chi connectivity index (χ0) is 18.2. The van der Waals surface area contributed by atoms with Crippen molar-refractivity contribution in [2.24, 2.45) is 0 Å². The number of esters is 1. The van der Waals surface area contributed by atoms with Crippen molar-refractivity contribution < 1.29 is 32.2 Å². The summed E-state index contributed by atoms with van der Waals surface area (Å²) in [4.78, 5) is 12.2. The number of fused-ring (bicyclic) bond motifs is 1. The van der Waals surface area contributed by atoms with E-state index in [1.54, 1.807) is 6.07 Å². The lowest BCUT2D eigenvalue weighted by Gasteiger charge is -2.31. The molecule has 0 bridgehead atoms. The minimum absolute atomic E-state index is 0.0191. The number of allylic oxidation sites excluding steroid dienone is 1. The molecule has 3 rings (SSSR count). The zero-order valence-corrected chi connectivity index (χ0v) is 13.7. The van der Waals surface area contributed by atoms with Gasteiger partial charge in [0, 0.05) is 0 Å². The highest BCUT2D eigenvalue weighted by molar-refractivity contribution is 7.80. The third-order valence-electron chi connectivity index (χ3n) is 3.58. The molecule has 10 heteroatoms. The SMILES string of the molecule is CCOC(=O)C1=C(C(F)(F)F)NC(=S)N[C@H]1c1ccc2c(c1)OCO2. The van der Waals surface area contributed by atoms with Gasteiger partial charge in [0.1, 0.15) is 5.70 Å². The van der Waals surface area contributed by atoms with Crippen LogP contribution in [0.1, 0.15) is 18.5 Å². The second kappa shape index (κ2) is 6.43.